The summed E-state index contributed by atoms with van der Waals surface area (Å²) in [5, 5.41) is 0. The fraction of sp³-hybridized carbons (Fsp3) is 0.432. The maximum absolute atomic E-state index is 14.3. The maximum Gasteiger partial charge on any atom is 0.343 e. The number of ether oxygens (including phenoxy) is 5. The Bertz CT molecular complexity index is 1660. The fourth-order valence-electron chi connectivity index (χ4n) is 5.77. The van der Waals surface area contributed by atoms with Gasteiger partial charge in [0.15, 0.2) is 23.3 Å². The van der Waals surface area contributed by atoms with Crippen molar-refractivity contribution >= 4 is 17.9 Å². The zero-order chi connectivity index (χ0) is 35.8. The molecule has 3 aromatic carbocycles. The lowest BCUT2D eigenvalue weighted by atomic mass is 9.80. The van der Waals surface area contributed by atoms with Crippen LogP contribution in [0.4, 0.5) is 22.0 Å². The van der Waals surface area contributed by atoms with Gasteiger partial charge in [-0.15, -0.1) is 0 Å². The molecule has 0 amide bonds. The van der Waals surface area contributed by atoms with Crippen molar-refractivity contribution in [1.29, 1.82) is 0 Å². The Morgan fingerprint density at radius 1 is 0.760 bits per heavy atom. The number of hydrogen-bond donors (Lipinski definition) is 0. The van der Waals surface area contributed by atoms with Crippen LogP contribution < -0.4 is 14.2 Å². The van der Waals surface area contributed by atoms with Crippen LogP contribution in [-0.4, -0.2) is 37.2 Å². The first-order valence-electron chi connectivity index (χ1n) is 16.7. The summed E-state index contributed by atoms with van der Waals surface area (Å²) < 4.78 is 96.3. The van der Waals surface area contributed by atoms with Gasteiger partial charge < -0.3 is 23.7 Å². The first kappa shape index (κ1) is 36.8. The summed E-state index contributed by atoms with van der Waals surface area (Å²) in [6.45, 7) is 2.02. The maximum atomic E-state index is 14.3. The third-order valence-electron chi connectivity index (χ3n) is 8.82. The highest BCUT2D eigenvalue weighted by molar-refractivity contribution is 5.95. The van der Waals surface area contributed by atoms with Gasteiger partial charge in [0.25, 0.3) is 0 Å². The Labute approximate surface area is 285 Å². The molecule has 1 saturated carbocycles. The predicted octanol–water partition coefficient (Wildman–Crippen LogP) is 8.42. The largest absolute Gasteiger partial charge is 0.494 e. The van der Waals surface area contributed by atoms with Gasteiger partial charge in [-0.25, -0.2) is 31.5 Å². The van der Waals surface area contributed by atoms with Crippen LogP contribution >= 0.6 is 0 Å². The Balaban J connectivity index is 1.29. The van der Waals surface area contributed by atoms with E-state index in [-0.39, 0.29) is 17.1 Å². The lowest BCUT2D eigenvalue weighted by Crippen LogP contribution is -2.26. The number of esters is 3. The Hall–Kier alpha value is -4.52. The minimum atomic E-state index is -2.36. The Morgan fingerprint density at radius 3 is 2.04 bits per heavy atom. The van der Waals surface area contributed by atoms with Crippen molar-refractivity contribution in [2.24, 2.45) is 11.8 Å². The molecule has 0 radical (unpaired) electrons. The molecular weight excluding hydrogens is 667 g/mol. The van der Waals surface area contributed by atoms with E-state index in [0.29, 0.717) is 37.2 Å². The molecule has 2 fully saturated rings. The number of rotatable bonds is 15. The highest BCUT2D eigenvalue weighted by atomic mass is 19.2. The molecule has 0 aromatic heterocycles. The summed E-state index contributed by atoms with van der Waals surface area (Å²) in [6.07, 6.45) is 8.12. The number of epoxide rings is 1. The molecule has 0 N–H and O–H groups in total. The van der Waals surface area contributed by atoms with E-state index in [9.17, 15) is 36.3 Å². The molecule has 1 unspecified atom stereocenters. The third-order valence-corrected chi connectivity index (χ3v) is 8.82. The van der Waals surface area contributed by atoms with Crippen molar-refractivity contribution in [3.63, 3.8) is 0 Å². The summed E-state index contributed by atoms with van der Waals surface area (Å²) in [7, 11) is 0. The highest BCUT2D eigenvalue weighted by Gasteiger charge is 2.30. The van der Waals surface area contributed by atoms with Crippen molar-refractivity contribution in [2.75, 3.05) is 13.2 Å². The number of unbranched alkanes of at least 4 members (excludes halogenated alkanes) is 1. The Kier molecular flexibility index (Phi) is 12.4. The molecule has 268 valence electrons. The first-order chi connectivity index (χ1) is 24.0. The second kappa shape index (κ2) is 16.9. The van der Waals surface area contributed by atoms with Gasteiger partial charge in [0.1, 0.15) is 29.4 Å². The SMILES string of the molecule is CCCCC1CCC(C(=O)Oc2ccc(OC(=O)c3ccc(OCCCC4CO4)cc3)cc2C(=O)OCc2c(F)c(F)c(F)c(F)c2F)CC1. The number of carbonyl (C=O) groups is 3. The van der Waals surface area contributed by atoms with E-state index < -0.39 is 70.6 Å². The number of benzene rings is 3. The number of halogens is 5. The zero-order valence-electron chi connectivity index (χ0n) is 27.4. The molecule has 3 aromatic rings. The van der Waals surface area contributed by atoms with Crippen LogP contribution in [0.5, 0.6) is 17.2 Å². The fourth-order valence-corrected chi connectivity index (χ4v) is 5.77. The predicted molar refractivity (Wildman–Crippen MR) is 168 cm³/mol. The summed E-state index contributed by atoms with van der Waals surface area (Å²) in [5.41, 5.74) is -1.71. The lowest BCUT2D eigenvalue weighted by molar-refractivity contribution is -0.140. The van der Waals surface area contributed by atoms with Crippen LogP contribution in [0, 0.1) is 40.9 Å². The van der Waals surface area contributed by atoms with E-state index in [0.717, 1.165) is 57.6 Å². The lowest BCUT2D eigenvalue weighted by Gasteiger charge is -2.27. The summed E-state index contributed by atoms with van der Waals surface area (Å²) in [4.78, 5) is 39.3. The normalized spacial score (nSPS) is 18.3. The van der Waals surface area contributed by atoms with Gasteiger partial charge in [-0.05, 0) is 86.9 Å². The molecule has 1 atom stereocenters. The van der Waals surface area contributed by atoms with E-state index in [1.54, 1.807) is 12.1 Å². The molecule has 1 aliphatic heterocycles. The van der Waals surface area contributed by atoms with Crippen LogP contribution in [0.1, 0.15) is 91.0 Å². The minimum absolute atomic E-state index is 0.143. The van der Waals surface area contributed by atoms with Crippen molar-refractivity contribution in [3.8, 4) is 17.2 Å². The highest BCUT2D eigenvalue weighted by Crippen LogP contribution is 2.34. The average molecular weight is 705 g/mol. The van der Waals surface area contributed by atoms with Crippen molar-refractivity contribution < 1.29 is 60.0 Å². The van der Waals surface area contributed by atoms with Gasteiger partial charge in [0.05, 0.1) is 36.4 Å². The van der Waals surface area contributed by atoms with Crippen LogP contribution in [-0.2, 0) is 20.9 Å². The Morgan fingerprint density at radius 2 is 1.40 bits per heavy atom. The van der Waals surface area contributed by atoms with Gasteiger partial charge in [0.2, 0.25) is 5.82 Å². The summed E-state index contributed by atoms with van der Waals surface area (Å²) in [6, 6.07) is 9.61. The summed E-state index contributed by atoms with van der Waals surface area (Å²) >= 11 is 0. The van der Waals surface area contributed by atoms with Crippen LogP contribution in [0.25, 0.3) is 0 Å². The van der Waals surface area contributed by atoms with Gasteiger partial charge in [-0.3, -0.25) is 4.79 Å². The average Bonchev–Trinajstić information content (AvgIpc) is 3.96. The topological polar surface area (TPSA) is 101 Å². The monoisotopic (exact) mass is 704 g/mol. The van der Waals surface area contributed by atoms with Crippen LogP contribution in [0.2, 0.25) is 0 Å². The molecule has 1 saturated heterocycles. The third kappa shape index (κ3) is 9.38. The molecule has 50 heavy (non-hydrogen) atoms. The van der Waals surface area contributed by atoms with E-state index in [1.807, 2.05) is 0 Å². The molecule has 0 bridgehead atoms. The van der Waals surface area contributed by atoms with Gasteiger partial charge >= 0.3 is 17.9 Å². The molecule has 5 rings (SSSR count). The molecule has 1 aliphatic carbocycles. The van der Waals surface area contributed by atoms with E-state index in [2.05, 4.69) is 6.92 Å². The molecule has 1 heterocycles. The molecule has 13 heteroatoms. The molecular formula is C37H37F5O8. The van der Waals surface area contributed by atoms with Crippen molar-refractivity contribution in [1.82, 2.24) is 0 Å². The van der Waals surface area contributed by atoms with E-state index in [4.69, 9.17) is 23.7 Å². The second-order valence-electron chi connectivity index (χ2n) is 12.4. The smallest absolute Gasteiger partial charge is 0.343 e. The molecule has 0 spiro atoms. The number of hydrogen-bond acceptors (Lipinski definition) is 8. The van der Waals surface area contributed by atoms with Crippen molar-refractivity contribution in [3.05, 3.63) is 88.2 Å². The first-order valence-corrected chi connectivity index (χ1v) is 16.7. The van der Waals surface area contributed by atoms with Crippen molar-refractivity contribution in [2.45, 2.75) is 77.4 Å². The summed E-state index contributed by atoms with van der Waals surface area (Å²) in [5.74, 6) is -13.7. The second-order valence-corrected chi connectivity index (χ2v) is 12.4. The van der Waals surface area contributed by atoms with E-state index >= 15 is 0 Å². The van der Waals surface area contributed by atoms with Gasteiger partial charge in [0, 0.05) is 0 Å². The minimum Gasteiger partial charge on any atom is -0.494 e. The van der Waals surface area contributed by atoms with E-state index in [1.165, 1.54) is 24.3 Å². The van der Waals surface area contributed by atoms with Crippen LogP contribution in [0.15, 0.2) is 42.5 Å². The zero-order valence-corrected chi connectivity index (χ0v) is 27.4. The molecule has 2 aliphatic rings. The van der Waals surface area contributed by atoms with Crippen LogP contribution in [0.3, 0.4) is 0 Å². The molecule has 8 nitrogen and oxygen atoms in total. The standard InChI is InChI=1S/C37H37F5O8/c1-2-3-5-21-7-9-22(10-8-21)36(44)50-29-16-15-25(49-35(43)23-11-13-24(14-12-23)46-17-4-6-26-19-47-26)18-27(29)37(45)48-20-28-30(38)32(40)34(42)33(41)31(28)39/h11-16,18,21-22,26H,2-10,17,19-20H2,1H3. The van der Waals surface area contributed by atoms with Gasteiger partial charge in [-0.2, -0.15) is 0 Å². The quantitative estimate of drug-likeness (QED) is 0.0296. The van der Waals surface area contributed by atoms with Gasteiger partial charge in [-0.1, -0.05) is 26.2 Å². The number of carbonyl (C=O) groups excluding carboxylic acids is 3.